The van der Waals surface area contributed by atoms with Gasteiger partial charge in [0.25, 0.3) is 5.88 Å². The highest BCUT2D eigenvalue weighted by molar-refractivity contribution is 5.87. The topological polar surface area (TPSA) is 114 Å². The fourth-order valence-corrected chi connectivity index (χ4v) is 2.38. The maximum absolute atomic E-state index is 10.9. The minimum absolute atomic E-state index is 0.129. The highest BCUT2D eigenvalue weighted by atomic mass is 16.5. The maximum atomic E-state index is 10.9. The molecule has 1 aliphatic rings. The molecule has 118 valence electrons. The first-order valence-corrected chi connectivity index (χ1v) is 7.38. The van der Waals surface area contributed by atoms with E-state index in [1.165, 1.54) is 31.7 Å². The number of aromatic amines is 1. The zero-order chi connectivity index (χ0) is 16.1. The Morgan fingerprint density at radius 2 is 2.09 bits per heavy atom. The van der Waals surface area contributed by atoms with Crippen LogP contribution in [0.2, 0.25) is 0 Å². The molecule has 0 amide bonds. The number of H-pyrrole nitrogens is 1. The third-order valence-corrected chi connectivity index (χ3v) is 3.57. The Morgan fingerprint density at radius 1 is 1.26 bits per heavy atom. The van der Waals surface area contributed by atoms with E-state index in [1.807, 2.05) is 0 Å². The van der Waals surface area contributed by atoms with E-state index in [0.717, 1.165) is 12.8 Å². The summed E-state index contributed by atoms with van der Waals surface area (Å²) < 4.78 is 5.25. The molecule has 1 saturated carbocycles. The van der Waals surface area contributed by atoms with E-state index in [1.54, 1.807) is 0 Å². The lowest BCUT2D eigenvalue weighted by molar-refractivity contribution is 0.0687. The zero-order valence-corrected chi connectivity index (χ0v) is 12.3. The Bertz CT molecular complexity index is 738. The Balaban J connectivity index is 1.66. The van der Waals surface area contributed by atoms with Crippen LogP contribution in [0.4, 0.5) is 0 Å². The third-order valence-electron chi connectivity index (χ3n) is 3.57. The van der Waals surface area contributed by atoms with Gasteiger partial charge in [-0.25, -0.2) is 19.9 Å². The fourth-order valence-electron chi connectivity index (χ4n) is 2.38. The summed E-state index contributed by atoms with van der Waals surface area (Å²) in [5.74, 6) is 5.45. The lowest BCUT2D eigenvalue weighted by Gasteiger charge is -2.15. The quantitative estimate of drug-likeness (QED) is 0.833. The standard InChI is InChI=1S/C15H15N5O3/c21-15(22)13-14(19-20-18-13)23-12-9-16-11(8-17-12)7-6-10-4-2-1-3-5-10/h8-10H,1-5H2,(H,21,22)(H,18,19,20). The molecule has 1 aliphatic carbocycles. The monoisotopic (exact) mass is 313 g/mol. The van der Waals surface area contributed by atoms with Crippen LogP contribution in [0.3, 0.4) is 0 Å². The summed E-state index contributed by atoms with van der Waals surface area (Å²) in [7, 11) is 0. The summed E-state index contributed by atoms with van der Waals surface area (Å²) in [6.45, 7) is 0. The number of rotatable bonds is 3. The molecule has 0 bridgehead atoms. The number of nitrogens with one attached hydrogen (secondary N) is 1. The molecule has 2 aromatic heterocycles. The SMILES string of the molecule is O=C(O)c1[nH]nnc1Oc1cnc(C#CC2CCCCC2)cn1. The molecule has 0 aromatic carbocycles. The van der Waals surface area contributed by atoms with Gasteiger partial charge in [0.05, 0.1) is 12.4 Å². The van der Waals surface area contributed by atoms with Crippen LogP contribution in [0.25, 0.3) is 0 Å². The molecule has 23 heavy (non-hydrogen) atoms. The molecule has 8 nitrogen and oxygen atoms in total. The molecule has 0 saturated heterocycles. The van der Waals surface area contributed by atoms with Gasteiger partial charge in [0.2, 0.25) is 11.6 Å². The van der Waals surface area contributed by atoms with Gasteiger partial charge in [-0.15, -0.1) is 0 Å². The number of carboxylic acid groups (broad SMARTS) is 1. The number of ether oxygens (including phenoxy) is 1. The molecule has 3 rings (SSSR count). The molecule has 1 fully saturated rings. The Labute approximate surface area is 132 Å². The maximum Gasteiger partial charge on any atom is 0.359 e. The Hall–Kier alpha value is -2.95. The predicted octanol–water partition coefficient (Wildman–Crippen LogP) is 2.02. The molecule has 0 radical (unpaired) electrons. The van der Waals surface area contributed by atoms with Crippen molar-refractivity contribution in [3.63, 3.8) is 0 Å². The van der Waals surface area contributed by atoms with Crippen LogP contribution in [-0.2, 0) is 0 Å². The van der Waals surface area contributed by atoms with E-state index >= 15 is 0 Å². The van der Waals surface area contributed by atoms with Crippen molar-refractivity contribution >= 4 is 5.97 Å². The van der Waals surface area contributed by atoms with Gasteiger partial charge in [0, 0.05) is 5.92 Å². The summed E-state index contributed by atoms with van der Waals surface area (Å²) in [6, 6.07) is 0. The van der Waals surface area contributed by atoms with Gasteiger partial charge in [-0.2, -0.15) is 0 Å². The van der Waals surface area contributed by atoms with Gasteiger partial charge < -0.3 is 9.84 Å². The first kappa shape index (κ1) is 15.0. The van der Waals surface area contributed by atoms with Crippen molar-refractivity contribution in [3.05, 3.63) is 23.8 Å². The highest BCUT2D eigenvalue weighted by Gasteiger charge is 2.17. The molecule has 2 N–H and O–H groups in total. The van der Waals surface area contributed by atoms with Crippen LogP contribution < -0.4 is 4.74 Å². The average molecular weight is 313 g/mol. The number of carbonyl (C=O) groups is 1. The van der Waals surface area contributed by atoms with Crippen molar-refractivity contribution < 1.29 is 14.6 Å². The van der Waals surface area contributed by atoms with Crippen molar-refractivity contribution in [2.75, 3.05) is 0 Å². The molecular weight excluding hydrogens is 298 g/mol. The van der Waals surface area contributed by atoms with E-state index in [9.17, 15) is 4.79 Å². The summed E-state index contributed by atoms with van der Waals surface area (Å²) in [5.41, 5.74) is 0.314. The summed E-state index contributed by atoms with van der Waals surface area (Å²) in [6.07, 6.45) is 8.93. The second-order valence-electron chi connectivity index (χ2n) is 5.24. The van der Waals surface area contributed by atoms with Gasteiger partial charge >= 0.3 is 5.97 Å². The van der Waals surface area contributed by atoms with E-state index in [-0.39, 0.29) is 17.5 Å². The molecule has 0 spiro atoms. The van der Waals surface area contributed by atoms with Crippen molar-refractivity contribution in [1.82, 2.24) is 25.4 Å². The van der Waals surface area contributed by atoms with Crippen molar-refractivity contribution in [2.24, 2.45) is 5.92 Å². The number of aromatic carboxylic acids is 1. The van der Waals surface area contributed by atoms with Crippen LogP contribution in [0.15, 0.2) is 12.4 Å². The van der Waals surface area contributed by atoms with Crippen LogP contribution in [0.1, 0.15) is 48.3 Å². The smallest absolute Gasteiger partial charge is 0.359 e. The van der Waals surface area contributed by atoms with Crippen LogP contribution >= 0.6 is 0 Å². The average Bonchev–Trinajstić information content (AvgIpc) is 3.04. The van der Waals surface area contributed by atoms with Crippen LogP contribution in [0.5, 0.6) is 11.8 Å². The molecule has 0 atom stereocenters. The lowest BCUT2D eigenvalue weighted by atomic mass is 9.90. The van der Waals surface area contributed by atoms with Crippen molar-refractivity contribution in [3.8, 4) is 23.6 Å². The summed E-state index contributed by atoms with van der Waals surface area (Å²) >= 11 is 0. The van der Waals surface area contributed by atoms with E-state index in [0.29, 0.717) is 11.6 Å². The fraction of sp³-hybridized carbons (Fsp3) is 0.400. The van der Waals surface area contributed by atoms with Gasteiger partial charge in [-0.3, -0.25) is 0 Å². The summed E-state index contributed by atoms with van der Waals surface area (Å²) in [5, 5.41) is 18.1. The van der Waals surface area contributed by atoms with Crippen molar-refractivity contribution in [2.45, 2.75) is 32.1 Å². The highest BCUT2D eigenvalue weighted by Crippen LogP contribution is 2.23. The first-order valence-electron chi connectivity index (χ1n) is 7.38. The minimum atomic E-state index is -1.21. The van der Waals surface area contributed by atoms with Gasteiger partial charge in [-0.05, 0) is 18.8 Å². The van der Waals surface area contributed by atoms with Crippen LogP contribution in [-0.4, -0.2) is 36.5 Å². The number of hydrogen-bond donors (Lipinski definition) is 2. The number of hydrogen-bond acceptors (Lipinski definition) is 6. The Morgan fingerprint density at radius 3 is 2.78 bits per heavy atom. The Kier molecular flexibility index (Phi) is 4.47. The second-order valence-corrected chi connectivity index (χ2v) is 5.24. The molecular formula is C15H15N5O3. The van der Waals surface area contributed by atoms with E-state index < -0.39 is 5.97 Å². The molecule has 0 aliphatic heterocycles. The van der Waals surface area contributed by atoms with Crippen LogP contribution in [0, 0.1) is 17.8 Å². The normalized spacial score (nSPS) is 14.8. The zero-order valence-electron chi connectivity index (χ0n) is 12.3. The lowest BCUT2D eigenvalue weighted by Crippen LogP contribution is -2.03. The van der Waals surface area contributed by atoms with Gasteiger partial charge in [0.1, 0.15) is 5.69 Å². The van der Waals surface area contributed by atoms with E-state index in [4.69, 9.17) is 9.84 Å². The first-order chi connectivity index (χ1) is 11.2. The minimum Gasteiger partial charge on any atom is -0.476 e. The van der Waals surface area contributed by atoms with Gasteiger partial charge in [-0.1, -0.05) is 35.5 Å². The molecule has 2 heterocycles. The van der Waals surface area contributed by atoms with Gasteiger partial charge in [0.15, 0.2) is 0 Å². The van der Waals surface area contributed by atoms with E-state index in [2.05, 4.69) is 37.2 Å². The number of aromatic nitrogens is 5. The molecule has 0 unspecified atom stereocenters. The third kappa shape index (κ3) is 3.83. The largest absolute Gasteiger partial charge is 0.476 e. The number of nitrogens with zero attached hydrogens (tertiary/aromatic N) is 4. The second kappa shape index (κ2) is 6.87. The predicted molar refractivity (Wildman–Crippen MR) is 78.9 cm³/mol. The summed E-state index contributed by atoms with van der Waals surface area (Å²) in [4.78, 5) is 19.1. The van der Waals surface area contributed by atoms with Crippen molar-refractivity contribution in [1.29, 1.82) is 0 Å². The molecule has 8 heteroatoms. The molecule has 2 aromatic rings. The number of carboxylic acids is 1.